The van der Waals surface area contributed by atoms with Crippen molar-refractivity contribution in [2.45, 2.75) is 32.2 Å². The molecule has 0 saturated heterocycles. The van der Waals surface area contributed by atoms with Crippen LogP contribution in [-0.2, 0) is 6.54 Å². The summed E-state index contributed by atoms with van der Waals surface area (Å²) in [6.07, 6.45) is 9.64. The first-order valence-electron chi connectivity index (χ1n) is 9.21. The van der Waals surface area contributed by atoms with Crippen molar-refractivity contribution in [1.29, 1.82) is 0 Å². The Labute approximate surface area is 149 Å². The quantitative estimate of drug-likeness (QED) is 0.651. The molecule has 0 radical (unpaired) electrons. The van der Waals surface area contributed by atoms with Crippen molar-refractivity contribution < 1.29 is 0 Å². The van der Waals surface area contributed by atoms with Gasteiger partial charge in [0.05, 0.1) is 11.9 Å². The molecule has 0 amide bonds. The lowest BCUT2D eigenvalue weighted by Gasteiger charge is -2.24. The van der Waals surface area contributed by atoms with Gasteiger partial charge in [0.1, 0.15) is 0 Å². The number of benzene rings is 1. The molecule has 4 rings (SSSR count). The third-order valence-electron chi connectivity index (χ3n) is 5.58. The zero-order valence-electron chi connectivity index (χ0n) is 15.2. The molecule has 0 aliphatic heterocycles. The highest BCUT2D eigenvalue weighted by atomic mass is 15.3. The first kappa shape index (κ1) is 16.2. The van der Waals surface area contributed by atoms with Gasteiger partial charge < -0.3 is 10.2 Å². The highest BCUT2D eigenvalue weighted by Crippen LogP contribution is 2.60. The summed E-state index contributed by atoms with van der Waals surface area (Å²) in [7, 11) is 3.95. The molecule has 0 bridgehead atoms. The third kappa shape index (κ3) is 3.55. The van der Waals surface area contributed by atoms with Crippen LogP contribution in [0.2, 0.25) is 0 Å². The Hall–Kier alpha value is -2.30. The van der Waals surface area contributed by atoms with Crippen molar-refractivity contribution >= 4 is 5.96 Å². The smallest absolute Gasteiger partial charge is 0.193 e. The molecule has 25 heavy (non-hydrogen) atoms. The number of nitrogens with zero attached hydrogens (tertiary/aromatic N) is 4. The van der Waals surface area contributed by atoms with E-state index in [2.05, 4.69) is 45.7 Å². The number of hydrogen-bond acceptors (Lipinski definition) is 2. The molecule has 1 N–H and O–H groups in total. The van der Waals surface area contributed by atoms with Gasteiger partial charge in [-0.05, 0) is 49.1 Å². The molecule has 1 heterocycles. The molecule has 132 valence electrons. The van der Waals surface area contributed by atoms with Crippen LogP contribution in [0, 0.1) is 11.3 Å². The van der Waals surface area contributed by atoms with Crippen LogP contribution in [0.4, 0.5) is 0 Å². The van der Waals surface area contributed by atoms with E-state index in [1.807, 2.05) is 36.1 Å². The molecule has 2 fully saturated rings. The van der Waals surface area contributed by atoms with Gasteiger partial charge in [-0.1, -0.05) is 18.2 Å². The van der Waals surface area contributed by atoms with E-state index >= 15 is 0 Å². The summed E-state index contributed by atoms with van der Waals surface area (Å²) < 4.78 is 1.92. The second-order valence-corrected chi connectivity index (χ2v) is 7.52. The number of hydrogen-bond donors (Lipinski definition) is 1. The second-order valence-electron chi connectivity index (χ2n) is 7.52. The standard InChI is InChI=1S/C20H27N5/c1-21-19(22-15-20(10-11-20)17-8-9-17)24(2)13-16-12-23-25(14-16)18-6-4-3-5-7-18/h3-7,12,14,17H,8-11,13,15H2,1-2H3,(H,21,22). The number of rotatable bonds is 6. The van der Waals surface area contributed by atoms with Crippen molar-refractivity contribution in [3.8, 4) is 5.69 Å². The molecule has 0 unspecified atom stereocenters. The predicted octanol–water partition coefficient (Wildman–Crippen LogP) is 3.07. The molecular formula is C20H27N5. The zero-order chi connectivity index (χ0) is 17.3. The molecule has 0 spiro atoms. The van der Waals surface area contributed by atoms with Crippen molar-refractivity contribution in [2.24, 2.45) is 16.3 Å². The Morgan fingerprint density at radius 2 is 2.08 bits per heavy atom. The Kier molecular flexibility index (Phi) is 4.24. The van der Waals surface area contributed by atoms with Crippen LogP contribution in [0.15, 0.2) is 47.7 Å². The largest absolute Gasteiger partial charge is 0.356 e. The number of nitrogens with one attached hydrogen (secondary N) is 1. The van der Waals surface area contributed by atoms with Gasteiger partial charge >= 0.3 is 0 Å². The number of para-hydroxylation sites is 1. The highest BCUT2D eigenvalue weighted by molar-refractivity contribution is 5.79. The van der Waals surface area contributed by atoms with E-state index in [-0.39, 0.29) is 0 Å². The fraction of sp³-hybridized carbons (Fsp3) is 0.500. The van der Waals surface area contributed by atoms with Gasteiger partial charge in [-0.25, -0.2) is 4.68 Å². The van der Waals surface area contributed by atoms with Crippen LogP contribution in [0.3, 0.4) is 0 Å². The molecule has 2 aliphatic rings. The van der Waals surface area contributed by atoms with Crippen LogP contribution in [0.5, 0.6) is 0 Å². The van der Waals surface area contributed by atoms with Gasteiger partial charge in [-0.2, -0.15) is 5.10 Å². The normalized spacial score (nSPS) is 18.9. The maximum atomic E-state index is 4.48. The van der Waals surface area contributed by atoms with Gasteiger partial charge in [0, 0.05) is 38.9 Å². The van der Waals surface area contributed by atoms with Gasteiger partial charge in [0.25, 0.3) is 0 Å². The second kappa shape index (κ2) is 6.54. The molecule has 1 aromatic carbocycles. The molecule has 5 nitrogen and oxygen atoms in total. The first-order chi connectivity index (χ1) is 12.2. The molecule has 2 aliphatic carbocycles. The minimum absolute atomic E-state index is 0.578. The van der Waals surface area contributed by atoms with Crippen LogP contribution in [0.1, 0.15) is 31.2 Å². The van der Waals surface area contributed by atoms with Gasteiger partial charge in [0.2, 0.25) is 0 Å². The highest BCUT2D eigenvalue weighted by Gasteiger charge is 2.53. The fourth-order valence-corrected chi connectivity index (χ4v) is 3.74. The van der Waals surface area contributed by atoms with E-state index in [9.17, 15) is 0 Å². The summed E-state index contributed by atoms with van der Waals surface area (Å²) in [5.74, 6) is 1.94. The topological polar surface area (TPSA) is 45.5 Å². The summed E-state index contributed by atoms with van der Waals surface area (Å²) in [6, 6.07) is 10.2. The predicted molar refractivity (Wildman–Crippen MR) is 101 cm³/mol. The first-order valence-corrected chi connectivity index (χ1v) is 9.21. The lowest BCUT2D eigenvalue weighted by molar-refractivity contribution is 0.409. The van der Waals surface area contributed by atoms with E-state index in [0.717, 1.165) is 30.7 Å². The van der Waals surface area contributed by atoms with E-state index in [0.29, 0.717) is 5.41 Å². The maximum Gasteiger partial charge on any atom is 0.193 e. The van der Waals surface area contributed by atoms with Crippen molar-refractivity contribution in [1.82, 2.24) is 20.0 Å². The molecule has 2 aromatic rings. The molecule has 0 atom stereocenters. The average molecular weight is 337 g/mol. The zero-order valence-corrected chi connectivity index (χ0v) is 15.2. The van der Waals surface area contributed by atoms with Crippen LogP contribution in [0.25, 0.3) is 5.69 Å². The summed E-state index contributed by atoms with van der Waals surface area (Å²) in [5, 5.41) is 8.08. The lowest BCUT2D eigenvalue weighted by atomic mass is 10.0. The minimum atomic E-state index is 0.578. The Balaban J connectivity index is 1.35. The van der Waals surface area contributed by atoms with E-state index in [4.69, 9.17) is 0 Å². The third-order valence-corrected chi connectivity index (χ3v) is 5.58. The monoisotopic (exact) mass is 337 g/mol. The summed E-state index contributed by atoms with van der Waals surface area (Å²) in [4.78, 5) is 6.64. The van der Waals surface area contributed by atoms with Gasteiger partial charge in [-0.3, -0.25) is 4.99 Å². The number of guanidine groups is 1. The average Bonchev–Trinajstić information content (AvgIpc) is 3.55. The van der Waals surface area contributed by atoms with E-state index in [1.54, 1.807) is 0 Å². The lowest BCUT2D eigenvalue weighted by Crippen LogP contribution is -2.41. The van der Waals surface area contributed by atoms with E-state index in [1.165, 1.54) is 31.2 Å². The van der Waals surface area contributed by atoms with Crippen LogP contribution < -0.4 is 5.32 Å². The molecule has 5 heteroatoms. The Morgan fingerprint density at radius 3 is 2.72 bits per heavy atom. The summed E-state index contributed by atoms with van der Waals surface area (Å²) >= 11 is 0. The Morgan fingerprint density at radius 1 is 1.32 bits per heavy atom. The van der Waals surface area contributed by atoms with Crippen LogP contribution in [-0.4, -0.2) is 41.3 Å². The number of aromatic nitrogens is 2. The molecular weight excluding hydrogens is 310 g/mol. The van der Waals surface area contributed by atoms with Gasteiger partial charge in [-0.15, -0.1) is 0 Å². The molecule has 1 aromatic heterocycles. The van der Waals surface area contributed by atoms with Crippen molar-refractivity contribution in [3.05, 3.63) is 48.3 Å². The van der Waals surface area contributed by atoms with Gasteiger partial charge in [0.15, 0.2) is 5.96 Å². The summed E-state index contributed by atoms with van der Waals surface area (Å²) in [5.41, 5.74) is 2.84. The molecule has 2 saturated carbocycles. The van der Waals surface area contributed by atoms with Crippen LogP contribution >= 0.6 is 0 Å². The maximum absolute atomic E-state index is 4.48. The van der Waals surface area contributed by atoms with Crippen molar-refractivity contribution in [2.75, 3.05) is 20.6 Å². The fourth-order valence-electron chi connectivity index (χ4n) is 3.74. The SMILES string of the molecule is CN=C(NCC1(C2CC2)CC1)N(C)Cc1cnn(-c2ccccc2)c1. The minimum Gasteiger partial charge on any atom is -0.356 e. The number of aliphatic imine (C=N–C) groups is 1. The van der Waals surface area contributed by atoms with E-state index < -0.39 is 0 Å². The van der Waals surface area contributed by atoms with Crippen molar-refractivity contribution in [3.63, 3.8) is 0 Å². The Bertz CT molecular complexity index is 740. The summed E-state index contributed by atoms with van der Waals surface area (Å²) in [6.45, 7) is 1.86.